The molecule has 11 nitrogen and oxygen atoms in total. The number of ether oxygens (including phenoxy) is 3. The molecular weight excluding hydrogens is 608 g/mol. The first-order valence-corrected chi connectivity index (χ1v) is 16.8. The third-order valence-corrected chi connectivity index (χ3v) is 10.8. The van der Waals surface area contributed by atoms with Crippen LogP contribution >= 0.6 is 0 Å². The van der Waals surface area contributed by atoms with Crippen molar-refractivity contribution in [3.8, 4) is 23.1 Å². The van der Waals surface area contributed by atoms with Crippen molar-refractivity contribution in [1.29, 1.82) is 0 Å². The van der Waals surface area contributed by atoms with Crippen LogP contribution in [0.2, 0.25) is 0 Å². The summed E-state index contributed by atoms with van der Waals surface area (Å²) >= 11 is 0. The van der Waals surface area contributed by atoms with Gasteiger partial charge in [-0.15, -0.1) is 0 Å². The number of aromatic nitrogens is 5. The van der Waals surface area contributed by atoms with Crippen molar-refractivity contribution in [2.45, 2.75) is 82.8 Å². The van der Waals surface area contributed by atoms with Gasteiger partial charge in [-0.25, -0.2) is 18.4 Å². The summed E-state index contributed by atoms with van der Waals surface area (Å²) < 4.78 is 52.1. The Morgan fingerprint density at radius 2 is 2.04 bits per heavy atom. The average molecular weight is 650 g/mol. The van der Waals surface area contributed by atoms with Crippen LogP contribution in [0.3, 0.4) is 0 Å². The van der Waals surface area contributed by atoms with E-state index in [9.17, 15) is 9.50 Å². The maximum Gasteiger partial charge on any atom is 0.319 e. The molecule has 4 aliphatic heterocycles. The molecule has 7 heterocycles. The first-order chi connectivity index (χ1) is 22.8. The highest BCUT2D eigenvalue weighted by atomic mass is 19.1. The summed E-state index contributed by atoms with van der Waals surface area (Å²) in [5.41, 5.74) is 3.04. The van der Waals surface area contributed by atoms with Crippen LogP contribution in [-0.4, -0.2) is 99.1 Å². The molecule has 1 aromatic carbocycles. The zero-order chi connectivity index (χ0) is 32.4. The van der Waals surface area contributed by atoms with E-state index in [0.717, 1.165) is 60.7 Å². The minimum Gasteiger partial charge on any atom is -0.475 e. The van der Waals surface area contributed by atoms with Crippen molar-refractivity contribution in [3.05, 3.63) is 29.2 Å². The number of aliphatic hydroxyl groups is 1. The lowest BCUT2D eigenvalue weighted by Crippen LogP contribution is -2.43. The van der Waals surface area contributed by atoms with E-state index >= 15 is 4.39 Å². The highest BCUT2D eigenvalue weighted by Crippen LogP contribution is 2.44. The van der Waals surface area contributed by atoms with Crippen LogP contribution in [0.4, 0.5) is 14.6 Å². The van der Waals surface area contributed by atoms with Gasteiger partial charge in [0.2, 0.25) is 5.88 Å². The number of alkyl halides is 1. The van der Waals surface area contributed by atoms with Crippen LogP contribution in [0.5, 0.6) is 11.9 Å². The number of fused-ring (bicyclic) bond motifs is 2. The summed E-state index contributed by atoms with van der Waals surface area (Å²) in [5.74, 6) is 0.0219. The quantitative estimate of drug-likeness (QED) is 0.293. The van der Waals surface area contributed by atoms with Gasteiger partial charge >= 0.3 is 6.01 Å². The highest BCUT2D eigenvalue weighted by molar-refractivity contribution is 6.01. The summed E-state index contributed by atoms with van der Waals surface area (Å²) in [5, 5.41) is 15.7. The second-order valence-corrected chi connectivity index (χ2v) is 13.6. The van der Waals surface area contributed by atoms with Gasteiger partial charge in [0, 0.05) is 44.2 Å². The average Bonchev–Trinajstić information content (AvgIpc) is 3.73. The second-order valence-electron chi connectivity index (χ2n) is 13.6. The van der Waals surface area contributed by atoms with Crippen LogP contribution in [0.25, 0.3) is 33.1 Å². The molecule has 0 saturated carbocycles. The fraction of sp³-hybridized carbons (Fsp3) is 0.588. The van der Waals surface area contributed by atoms with E-state index in [1.54, 1.807) is 6.20 Å². The zero-order valence-corrected chi connectivity index (χ0v) is 27.1. The normalized spacial score (nSPS) is 26.2. The summed E-state index contributed by atoms with van der Waals surface area (Å²) in [7, 11) is 1.84. The van der Waals surface area contributed by atoms with Crippen molar-refractivity contribution in [2.75, 3.05) is 51.5 Å². The largest absolute Gasteiger partial charge is 0.475 e. The van der Waals surface area contributed by atoms with Crippen LogP contribution in [0.15, 0.2) is 12.3 Å². The van der Waals surface area contributed by atoms with Gasteiger partial charge in [0.05, 0.1) is 23.3 Å². The molecule has 3 saturated heterocycles. The van der Waals surface area contributed by atoms with Crippen LogP contribution in [0.1, 0.15) is 62.3 Å². The van der Waals surface area contributed by atoms with Gasteiger partial charge in [-0.3, -0.25) is 4.90 Å². The third-order valence-electron chi connectivity index (χ3n) is 10.8. The van der Waals surface area contributed by atoms with Gasteiger partial charge in [-0.1, -0.05) is 0 Å². The lowest BCUT2D eigenvalue weighted by molar-refractivity contribution is -0.0366. The smallest absolute Gasteiger partial charge is 0.319 e. The minimum absolute atomic E-state index is 0.0166. The monoisotopic (exact) mass is 649 g/mol. The summed E-state index contributed by atoms with van der Waals surface area (Å²) in [6.45, 7) is 6.23. The third kappa shape index (κ3) is 5.00. The second kappa shape index (κ2) is 11.8. The molecule has 0 bridgehead atoms. The predicted octanol–water partition coefficient (Wildman–Crippen LogP) is 5.03. The molecule has 0 spiro atoms. The Kier molecular flexibility index (Phi) is 7.68. The van der Waals surface area contributed by atoms with Crippen molar-refractivity contribution in [1.82, 2.24) is 29.6 Å². The maximum atomic E-state index is 17.1. The number of hydrogen-bond acceptors (Lipinski definition) is 10. The number of aliphatic hydroxyl groups excluding tert-OH is 1. The topological polar surface area (TPSA) is 111 Å². The van der Waals surface area contributed by atoms with Crippen LogP contribution < -0.4 is 14.4 Å². The molecule has 250 valence electrons. The first-order valence-electron chi connectivity index (χ1n) is 16.8. The van der Waals surface area contributed by atoms with E-state index in [4.69, 9.17) is 29.3 Å². The molecule has 0 aliphatic carbocycles. The molecule has 47 heavy (non-hydrogen) atoms. The SMILES string of the molecule is Cc1cc2c(cnn2C2CCCCO2)c(-c2nc3c4c(nc(OC[C@@]56CCCN5C[C@H](F)C6)nc4c2F)N(C)[C@@H](CCO)CO3)c1C. The van der Waals surface area contributed by atoms with Gasteiger partial charge < -0.3 is 24.2 Å². The van der Waals surface area contributed by atoms with Crippen molar-refractivity contribution < 1.29 is 28.1 Å². The van der Waals surface area contributed by atoms with Gasteiger partial charge in [0.15, 0.2) is 12.0 Å². The zero-order valence-electron chi connectivity index (χ0n) is 27.1. The summed E-state index contributed by atoms with van der Waals surface area (Å²) in [6, 6.07) is 1.84. The van der Waals surface area contributed by atoms with E-state index in [-0.39, 0.29) is 55.2 Å². The van der Waals surface area contributed by atoms with E-state index in [0.29, 0.717) is 42.8 Å². The lowest BCUT2D eigenvalue weighted by atomic mass is 9.95. The molecule has 1 N–H and O–H groups in total. The minimum atomic E-state index is -0.902. The fourth-order valence-electron chi connectivity index (χ4n) is 8.10. The lowest BCUT2D eigenvalue weighted by Gasteiger charge is -2.31. The summed E-state index contributed by atoms with van der Waals surface area (Å²) in [6.07, 6.45) is 6.22. The molecule has 0 radical (unpaired) electrons. The number of benzene rings is 1. The first kappa shape index (κ1) is 30.6. The Morgan fingerprint density at radius 1 is 1.17 bits per heavy atom. The number of anilines is 1. The number of aryl methyl sites for hydroxylation is 1. The van der Waals surface area contributed by atoms with E-state index in [1.807, 2.05) is 30.5 Å². The van der Waals surface area contributed by atoms with E-state index < -0.39 is 17.5 Å². The van der Waals surface area contributed by atoms with Gasteiger partial charge in [0.1, 0.15) is 41.8 Å². The Balaban J connectivity index is 1.28. The Morgan fingerprint density at radius 3 is 2.85 bits per heavy atom. The van der Waals surface area contributed by atoms with E-state index in [2.05, 4.69) is 16.0 Å². The molecule has 4 aliphatic rings. The number of rotatable bonds is 7. The molecule has 3 aromatic heterocycles. The van der Waals surface area contributed by atoms with Crippen molar-refractivity contribution >= 4 is 27.6 Å². The standard InChI is InChI=1S/C34H41F2N7O4/c1-19-13-24-23(15-37-43(24)25-7-4-5-12-45-25)26(20(19)2)29-28(36)30-27-31(41(3)22(8-11-44)17-46-32(27)38-29)40-33(39-30)47-18-34-9-6-10-42(34)16-21(35)14-34/h13,15,21-22,25,44H,4-12,14,16-18H2,1-3H3/t21-,22+,25?,34+/m1/s1. The van der Waals surface area contributed by atoms with Crippen molar-refractivity contribution in [2.24, 2.45) is 0 Å². The maximum absolute atomic E-state index is 17.1. The van der Waals surface area contributed by atoms with E-state index in [1.165, 1.54) is 0 Å². The Hall–Kier alpha value is -3.68. The number of pyridine rings is 1. The van der Waals surface area contributed by atoms with Crippen LogP contribution in [0, 0.1) is 19.7 Å². The summed E-state index contributed by atoms with van der Waals surface area (Å²) in [4.78, 5) is 18.3. The fourth-order valence-corrected chi connectivity index (χ4v) is 8.10. The predicted molar refractivity (Wildman–Crippen MR) is 172 cm³/mol. The number of halogens is 2. The molecule has 3 fully saturated rings. The molecule has 4 aromatic rings. The van der Waals surface area contributed by atoms with Gasteiger partial charge in [0.25, 0.3) is 0 Å². The van der Waals surface area contributed by atoms with Crippen molar-refractivity contribution in [3.63, 3.8) is 0 Å². The number of likely N-dealkylation sites (N-methyl/N-ethyl adjacent to an activating group) is 1. The Bertz CT molecular complexity index is 1850. The highest BCUT2D eigenvalue weighted by Gasteiger charge is 2.49. The van der Waals surface area contributed by atoms with Gasteiger partial charge in [-0.2, -0.15) is 15.1 Å². The molecule has 1 unspecified atom stereocenters. The van der Waals surface area contributed by atoms with Gasteiger partial charge in [-0.05, 0) is 76.1 Å². The molecule has 8 rings (SSSR count). The molecule has 0 amide bonds. The number of hydrogen-bond donors (Lipinski definition) is 1. The molecular formula is C34H41F2N7O4. The molecule has 4 atom stereocenters. The Labute approximate surface area is 271 Å². The molecule has 13 heteroatoms. The number of nitrogens with zero attached hydrogens (tertiary/aromatic N) is 7. The van der Waals surface area contributed by atoms with Crippen LogP contribution in [-0.2, 0) is 4.74 Å².